The number of amides is 3. The lowest BCUT2D eigenvalue weighted by Crippen LogP contribution is -2.51. The van der Waals surface area contributed by atoms with Gasteiger partial charge in [0.1, 0.15) is 5.60 Å². The molecule has 10 nitrogen and oxygen atoms in total. The summed E-state index contributed by atoms with van der Waals surface area (Å²) in [5.41, 5.74) is -0.568. The van der Waals surface area contributed by atoms with E-state index in [4.69, 9.17) is 4.74 Å². The molecule has 0 atom stereocenters. The third-order valence-electron chi connectivity index (χ3n) is 4.24. The summed E-state index contributed by atoms with van der Waals surface area (Å²) >= 11 is 0. The highest BCUT2D eigenvalue weighted by atomic mass is 16.6. The smallest absolute Gasteiger partial charge is 0.407 e. The molecule has 0 saturated carbocycles. The molecule has 3 amide bonds. The van der Waals surface area contributed by atoms with Gasteiger partial charge < -0.3 is 35.2 Å². The number of phenols is 3. The summed E-state index contributed by atoms with van der Waals surface area (Å²) in [5.74, 6) is -2.42. The molecule has 0 radical (unpaired) electrons. The number of benzene rings is 1. The number of hydrogen-bond acceptors (Lipinski definition) is 7. The van der Waals surface area contributed by atoms with Crippen LogP contribution in [0, 0.1) is 0 Å². The average molecular weight is 409 g/mol. The number of aromatic hydroxyl groups is 3. The van der Waals surface area contributed by atoms with Crippen LogP contribution in [-0.2, 0) is 9.53 Å². The molecule has 1 aromatic rings. The van der Waals surface area contributed by atoms with Gasteiger partial charge in [-0.15, -0.1) is 0 Å². The van der Waals surface area contributed by atoms with E-state index in [1.807, 2.05) is 0 Å². The van der Waals surface area contributed by atoms with E-state index in [9.17, 15) is 29.7 Å². The SMILES string of the molecule is CC(C)(C)OC(=O)NCCC(=O)N1CCN(C(=O)c2cc(O)c(O)c(O)c2)CC1. The van der Waals surface area contributed by atoms with Gasteiger partial charge in [0.2, 0.25) is 5.91 Å². The third-order valence-corrected chi connectivity index (χ3v) is 4.24. The lowest BCUT2D eigenvalue weighted by atomic mass is 10.1. The molecule has 1 aliphatic rings. The maximum atomic E-state index is 12.5. The Labute approximate surface area is 168 Å². The first-order chi connectivity index (χ1) is 13.5. The van der Waals surface area contributed by atoms with Gasteiger partial charge in [0.15, 0.2) is 17.2 Å². The predicted molar refractivity (Wildman–Crippen MR) is 103 cm³/mol. The van der Waals surface area contributed by atoms with Crippen molar-refractivity contribution in [2.45, 2.75) is 32.8 Å². The molecule has 1 aromatic carbocycles. The highest BCUT2D eigenvalue weighted by Gasteiger charge is 2.26. The summed E-state index contributed by atoms with van der Waals surface area (Å²) in [4.78, 5) is 39.5. The standard InChI is InChI=1S/C19H27N3O7/c1-19(2,3)29-18(28)20-5-4-15(25)21-6-8-22(9-7-21)17(27)12-10-13(23)16(26)14(24)11-12/h10-11,23-24,26H,4-9H2,1-3H3,(H,20,28). The van der Waals surface area contributed by atoms with Crippen LogP contribution in [0.25, 0.3) is 0 Å². The zero-order chi connectivity index (χ0) is 21.8. The summed E-state index contributed by atoms with van der Waals surface area (Å²) < 4.78 is 5.10. The molecule has 0 aromatic heterocycles. The van der Waals surface area contributed by atoms with Crippen LogP contribution in [0.3, 0.4) is 0 Å². The average Bonchev–Trinajstić information content (AvgIpc) is 2.63. The van der Waals surface area contributed by atoms with Crippen molar-refractivity contribution in [3.05, 3.63) is 17.7 Å². The van der Waals surface area contributed by atoms with E-state index in [2.05, 4.69) is 5.32 Å². The van der Waals surface area contributed by atoms with E-state index in [-0.39, 0.29) is 37.5 Å². The van der Waals surface area contributed by atoms with Crippen molar-refractivity contribution >= 4 is 17.9 Å². The van der Waals surface area contributed by atoms with Crippen molar-refractivity contribution in [2.75, 3.05) is 32.7 Å². The third kappa shape index (κ3) is 6.16. The number of hydrogen-bond donors (Lipinski definition) is 4. The van der Waals surface area contributed by atoms with Crippen molar-refractivity contribution in [1.82, 2.24) is 15.1 Å². The number of carbonyl (C=O) groups is 3. The van der Waals surface area contributed by atoms with Crippen molar-refractivity contribution in [1.29, 1.82) is 0 Å². The number of nitrogens with zero attached hydrogens (tertiary/aromatic N) is 2. The Hall–Kier alpha value is -3.17. The van der Waals surface area contributed by atoms with Crippen LogP contribution in [0.15, 0.2) is 12.1 Å². The highest BCUT2D eigenvalue weighted by molar-refractivity contribution is 5.95. The second-order valence-electron chi connectivity index (χ2n) is 7.71. The Morgan fingerprint density at radius 2 is 1.52 bits per heavy atom. The minimum Gasteiger partial charge on any atom is -0.504 e. The van der Waals surface area contributed by atoms with Crippen LogP contribution in [0.5, 0.6) is 17.2 Å². The topological polar surface area (TPSA) is 140 Å². The van der Waals surface area contributed by atoms with E-state index in [0.717, 1.165) is 12.1 Å². The number of nitrogens with one attached hydrogen (secondary N) is 1. The Balaban J connectivity index is 1.80. The van der Waals surface area contributed by atoms with Gasteiger partial charge >= 0.3 is 6.09 Å². The van der Waals surface area contributed by atoms with E-state index < -0.39 is 34.9 Å². The fourth-order valence-corrected chi connectivity index (χ4v) is 2.81. The molecule has 1 fully saturated rings. The minimum absolute atomic E-state index is 0.0409. The fourth-order valence-electron chi connectivity index (χ4n) is 2.81. The van der Waals surface area contributed by atoms with Crippen molar-refractivity contribution in [2.24, 2.45) is 0 Å². The number of ether oxygens (including phenoxy) is 1. The summed E-state index contributed by atoms with van der Waals surface area (Å²) in [7, 11) is 0. The first-order valence-corrected chi connectivity index (χ1v) is 9.27. The van der Waals surface area contributed by atoms with Crippen LogP contribution in [0.1, 0.15) is 37.6 Å². The molecule has 1 aliphatic heterocycles. The summed E-state index contributed by atoms with van der Waals surface area (Å²) in [6, 6.07) is 2.16. The van der Waals surface area contributed by atoms with Gasteiger partial charge in [-0.3, -0.25) is 9.59 Å². The number of carbonyl (C=O) groups excluding carboxylic acids is 3. The van der Waals surface area contributed by atoms with Gasteiger partial charge in [-0.25, -0.2) is 4.79 Å². The second kappa shape index (κ2) is 8.89. The monoisotopic (exact) mass is 409 g/mol. The maximum absolute atomic E-state index is 12.5. The molecule has 29 heavy (non-hydrogen) atoms. The fraction of sp³-hybridized carbons (Fsp3) is 0.526. The molecule has 4 N–H and O–H groups in total. The molecule has 10 heteroatoms. The van der Waals surface area contributed by atoms with Gasteiger partial charge in [0, 0.05) is 44.7 Å². The predicted octanol–water partition coefficient (Wildman–Crippen LogP) is 1.00. The molecular weight excluding hydrogens is 382 g/mol. The normalized spacial score (nSPS) is 14.4. The van der Waals surface area contributed by atoms with Gasteiger partial charge in [-0.1, -0.05) is 0 Å². The first kappa shape index (κ1) is 22.1. The van der Waals surface area contributed by atoms with Crippen molar-refractivity contribution < 1.29 is 34.4 Å². The largest absolute Gasteiger partial charge is 0.504 e. The molecular formula is C19H27N3O7. The number of phenolic OH excluding ortho intramolecular Hbond substituents is 3. The van der Waals surface area contributed by atoms with Gasteiger partial charge in [-0.05, 0) is 32.9 Å². The number of alkyl carbamates (subject to hydrolysis) is 1. The van der Waals surface area contributed by atoms with Crippen LogP contribution in [-0.4, -0.2) is 81.4 Å². The maximum Gasteiger partial charge on any atom is 0.407 e. The molecule has 160 valence electrons. The second-order valence-corrected chi connectivity index (χ2v) is 7.71. The molecule has 1 saturated heterocycles. The van der Waals surface area contributed by atoms with Crippen LogP contribution < -0.4 is 5.32 Å². The Bertz CT molecular complexity index is 757. The van der Waals surface area contributed by atoms with E-state index in [1.165, 1.54) is 4.90 Å². The lowest BCUT2D eigenvalue weighted by Gasteiger charge is -2.35. The van der Waals surface area contributed by atoms with Crippen LogP contribution in [0.4, 0.5) is 4.79 Å². The highest BCUT2D eigenvalue weighted by Crippen LogP contribution is 2.35. The zero-order valence-corrected chi connectivity index (χ0v) is 16.8. The van der Waals surface area contributed by atoms with Crippen LogP contribution in [0.2, 0.25) is 0 Å². The molecule has 0 aliphatic carbocycles. The molecule has 2 rings (SSSR count). The summed E-state index contributed by atoms with van der Waals surface area (Å²) in [5, 5.41) is 31.0. The molecule has 0 bridgehead atoms. The zero-order valence-electron chi connectivity index (χ0n) is 16.8. The van der Waals surface area contributed by atoms with Crippen molar-refractivity contribution in [3.8, 4) is 17.2 Å². The quantitative estimate of drug-likeness (QED) is 0.544. The van der Waals surface area contributed by atoms with Gasteiger partial charge in [0.05, 0.1) is 0 Å². The first-order valence-electron chi connectivity index (χ1n) is 9.27. The summed E-state index contributed by atoms with van der Waals surface area (Å²) in [6.45, 7) is 6.62. The molecule has 0 spiro atoms. The van der Waals surface area contributed by atoms with Gasteiger partial charge in [-0.2, -0.15) is 0 Å². The van der Waals surface area contributed by atoms with E-state index in [0.29, 0.717) is 13.1 Å². The van der Waals surface area contributed by atoms with E-state index >= 15 is 0 Å². The van der Waals surface area contributed by atoms with Gasteiger partial charge in [0.25, 0.3) is 5.91 Å². The summed E-state index contributed by atoms with van der Waals surface area (Å²) in [6.07, 6.45) is -0.464. The number of piperazine rings is 1. The van der Waals surface area contributed by atoms with E-state index in [1.54, 1.807) is 25.7 Å². The Kier molecular flexibility index (Phi) is 6.78. The van der Waals surface area contributed by atoms with Crippen LogP contribution >= 0.6 is 0 Å². The lowest BCUT2D eigenvalue weighted by molar-refractivity contribution is -0.132. The molecule has 0 unspecified atom stereocenters. The minimum atomic E-state index is -0.683. The number of rotatable bonds is 4. The Morgan fingerprint density at radius 3 is 2.03 bits per heavy atom. The van der Waals surface area contributed by atoms with Crippen molar-refractivity contribution in [3.63, 3.8) is 0 Å². The Morgan fingerprint density at radius 1 is 1.00 bits per heavy atom. The molecule has 1 heterocycles.